The van der Waals surface area contributed by atoms with Crippen molar-refractivity contribution in [1.82, 2.24) is 14.6 Å². The van der Waals surface area contributed by atoms with E-state index in [2.05, 4.69) is 25.5 Å². The summed E-state index contributed by atoms with van der Waals surface area (Å²) in [5.74, 6) is -4.47. The molecule has 3 amide bonds. The first-order valence-electron chi connectivity index (χ1n) is 9.24. The second-order valence-corrected chi connectivity index (χ2v) is 8.73. The molecule has 0 radical (unpaired) electrons. The number of hydrogen-bond donors (Lipinski definition) is 2. The average molecular weight is 548 g/mol. The van der Waals surface area contributed by atoms with Crippen LogP contribution in [0.25, 0.3) is 0 Å². The van der Waals surface area contributed by atoms with Crippen molar-refractivity contribution in [3.8, 4) is 0 Å². The van der Waals surface area contributed by atoms with Crippen LogP contribution < -0.4 is 40.2 Å². The van der Waals surface area contributed by atoms with Crippen LogP contribution in [-0.2, 0) is 39.1 Å². The second-order valence-electron chi connectivity index (χ2n) is 6.36. The number of aromatic nitrogens is 1. The van der Waals surface area contributed by atoms with Gasteiger partial charge in [0.1, 0.15) is 24.2 Å². The average Bonchev–Trinajstić information content (AvgIpc) is 3.21. The number of methoxy groups -OCH3 is 1. The number of hydrogen-bond acceptors (Lipinski definition) is 12. The molecule has 2 rings (SSSR count). The van der Waals surface area contributed by atoms with Crippen molar-refractivity contribution in [2.24, 2.45) is 5.16 Å². The number of oxime groups is 1. The number of esters is 1. The Morgan fingerprint density at radius 1 is 1.38 bits per heavy atom. The van der Waals surface area contributed by atoms with E-state index >= 15 is 0 Å². The zero-order chi connectivity index (χ0) is 24.8. The molecule has 18 heteroatoms. The quantitative estimate of drug-likeness (QED) is 0.0404. The molecule has 34 heavy (non-hydrogen) atoms. The molecule has 1 aromatic rings. The van der Waals surface area contributed by atoms with E-state index in [1.54, 1.807) is 0 Å². The third-order valence-corrected chi connectivity index (χ3v) is 5.99. The van der Waals surface area contributed by atoms with Crippen LogP contribution >= 0.6 is 22.9 Å². The predicted octanol–water partition coefficient (Wildman–Crippen LogP) is -3.83. The zero-order valence-electron chi connectivity index (χ0n) is 18.3. The molecule has 1 aliphatic heterocycles. The third kappa shape index (κ3) is 7.34. The molecule has 0 spiro atoms. The van der Waals surface area contributed by atoms with Gasteiger partial charge in [0.2, 0.25) is 5.91 Å². The Balaban J connectivity index is 0.00000578. The van der Waals surface area contributed by atoms with Crippen LogP contribution in [0, 0.1) is 0 Å². The fraction of sp³-hybridized carbons (Fsp3) is 0.500. The number of β-lactam (4-membered cyclic amide) rings is 1. The number of rotatable bonds is 11. The summed E-state index contributed by atoms with van der Waals surface area (Å²) in [5, 5.41) is 9.72. The molecule has 0 aliphatic carbocycles. The molecule has 1 aromatic heterocycles. The summed E-state index contributed by atoms with van der Waals surface area (Å²) in [6.07, 6.45) is 1.40. The molecule has 14 nitrogen and oxygen atoms in total. The minimum atomic E-state index is -5.33. The van der Waals surface area contributed by atoms with E-state index in [1.807, 2.05) is 6.92 Å². The Labute approximate surface area is 225 Å². The van der Waals surface area contributed by atoms with Gasteiger partial charge in [-0.2, -0.15) is 0 Å². The maximum absolute atomic E-state index is 12.8. The van der Waals surface area contributed by atoms with E-state index in [9.17, 15) is 32.1 Å². The summed E-state index contributed by atoms with van der Waals surface area (Å²) in [5.41, 5.74) is -0.470. The number of nitrogens with one attached hydrogen (secondary N) is 2. The van der Waals surface area contributed by atoms with Crippen molar-refractivity contribution < 1.29 is 71.3 Å². The molecular formula is C16H19ClN5NaO9S2. The molecule has 2 N–H and O–H groups in total. The second kappa shape index (κ2) is 13.3. The fourth-order valence-electron chi connectivity index (χ4n) is 2.53. The van der Waals surface area contributed by atoms with Crippen LogP contribution in [0.4, 0.5) is 5.13 Å². The molecule has 1 saturated heterocycles. The Hall–Kier alpha value is -1.82. The predicted molar refractivity (Wildman–Crippen MR) is 113 cm³/mol. The summed E-state index contributed by atoms with van der Waals surface area (Å²) in [4.78, 5) is 57.5. The van der Waals surface area contributed by atoms with Gasteiger partial charge in [0.25, 0.3) is 11.8 Å². The standard InChI is InChI=1S/C16H20ClN5O9S2.Na/c1-3-4-5-31-21-10(8-7-32-16(18-8)19-9(23)6-17)13(24)20-11-12(15(26)30-2)22(14(11)25)33(27,28)29;/h7,11-12H,3-6H2,1-2H3,(H,20,24)(H,18,19,23)(H,27,28,29);/q;+1/p-1/b21-10-;/t11-,12-;/m1./s1. The van der Waals surface area contributed by atoms with Gasteiger partial charge in [-0.25, -0.2) is 22.5 Å². The Morgan fingerprint density at radius 3 is 2.62 bits per heavy atom. The largest absolute Gasteiger partial charge is 1.00 e. The number of anilines is 1. The van der Waals surface area contributed by atoms with Gasteiger partial charge >= 0.3 is 35.5 Å². The van der Waals surface area contributed by atoms with Crippen molar-refractivity contribution in [3.63, 3.8) is 0 Å². The number of ether oxygens (including phenoxy) is 1. The molecular weight excluding hydrogens is 529 g/mol. The van der Waals surface area contributed by atoms with Crippen LogP contribution in [0.15, 0.2) is 10.5 Å². The SMILES string of the molecule is CCCCO/N=C(\C(=O)N[C@H]1C(=O)N(S(=O)(=O)[O-])[C@H]1C(=O)OC)c1csc(NC(=O)CCl)n1.[Na+]. The van der Waals surface area contributed by atoms with Crippen LogP contribution in [-0.4, -0.2) is 83.3 Å². The van der Waals surface area contributed by atoms with Crippen LogP contribution in [0.3, 0.4) is 0 Å². The maximum atomic E-state index is 12.8. The minimum Gasteiger partial charge on any atom is -0.731 e. The molecule has 0 aromatic carbocycles. The fourth-order valence-corrected chi connectivity index (χ4v) is 4.13. The number of carbonyl (C=O) groups excluding carboxylic acids is 4. The third-order valence-electron chi connectivity index (χ3n) is 4.10. The van der Waals surface area contributed by atoms with Gasteiger partial charge in [-0.3, -0.25) is 14.4 Å². The van der Waals surface area contributed by atoms with E-state index in [0.29, 0.717) is 6.42 Å². The van der Waals surface area contributed by atoms with Crippen molar-refractivity contribution in [1.29, 1.82) is 0 Å². The van der Waals surface area contributed by atoms with Gasteiger partial charge in [0, 0.05) is 5.38 Å². The number of halogens is 1. The summed E-state index contributed by atoms with van der Waals surface area (Å²) >= 11 is 6.37. The van der Waals surface area contributed by atoms with Gasteiger partial charge in [-0.15, -0.1) is 22.9 Å². The van der Waals surface area contributed by atoms with E-state index < -0.39 is 51.8 Å². The number of carbonyl (C=O) groups is 4. The number of amides is 3. The molecule has 1 aliphatic rings. The number of nitrogens with zero attached hydrogens (tertiary/aromatic N) is 3. The van der Waals surface area contributed by atoms with Gasteiger partial charge in [-0.1, -0.05) is 18.5 Å². The van der Waals surface area contributed by atoms with Crippen molar-refractivity contribution in [2.45, 2.75) is 31.8 Å². The monoisotopic (exact) mass is 547 g/mol. The normalized spacial score (nSPS) is 17.8. The summed E-state index contributed by atoms with van der Waals surface area (Å²) in [6, 6.07) is -3.59. The molecule has 0 unspecified atom stereocenters. The van der Waals surface area contributed by atoms with Gasteiger partial charge < -0.3 is 24.8 Å². The molecule has 0 bridgehead atoms. The first kappa shape index (κ1) is 30.2. The van der Waals surface area contributed by atoms with E-state index in [0.717, 1.165) is 24.9 Å². The Bertz CT molecular complexity index is 1070. The first-order chi connectivity index (χ1) is 15.5. The summed E-state index contributed by atoms with van der Waals surface area (Å²) < 4.78 is 38.1. The van der Waals surface area contributed by atoms with E-state index in [4.69, 9.17) is 16.4 Å². The summed E-state index contributed by atoms with van der Waals surface area (Å²) in [7, 11) is -4.41. The molecule has 0 saturated carbocycles. The smallest absolute Gasteiger partial charge is 0.731 e. The maximum Gasteiger partial charge on any atom is 1.00 e. The number of unbranched alkanes of at least 4 members (excludes halogenated alkanes) is 1. The van der Waals surface area contributed by atoms with Crippen molar-refractivity contribution >= 4 is 67.8 Å². The molecule has 1 fully saturated rings. The van der Waals surface area contributed by atoms with E-state index in [-0.39, 0.29) is 57.2 Å². The van der Waals surface area contributed by atoms with Crippen LogP contribution in [0.2, 0.25) is 0 Å². The first-order valence-corrected chi connectivity index (χ1v) is 12.0. The minimum absolute atomic E-state index is 0. The van der Waals surface area contributed by atoms with Crippen LogP contribution in [0.1, 0.15) is 25.5 Å². The van der Waals surface area contributed by atoms with Crippen molar-refractivity contribution in [3.05, 3.63) is 11.1 Å². The zero-order valence-corrected chi connectivity index (χ0v) is 22.7. The van der Waals surface area contributed by atoms with Crippen molar-refractivity contribution in [2.75, 3.05) is 24.9 Å². The number of thiazole rings is 1. The van der Waals surface area contributed by atoms with Gasteiger partial charge in [-0.05, 0) is 6.42 Å². The van der Waals surface area contributed by atoms with Crippen LogP contribution in [0.5, 0.6) is 0 Å². The van der Waals surface area contributed by atoms with Gasteiger partial charge in [0.15, 0.2) is 27.2 Å². The van der Waals surface area contributed by atoms with E-state index in [1.165, 1.54) is 5.38 Å². The van der Waals surface area contributed by atoms with Gasteiger partial charge in [0.05, 0.1) is 7.11 Å². The number of alkyl halides is 1. The topological polar surface area (TPSA) is 196 Å². The Kier molecular flexibility index (Phi) is 11.8. The molecule has 2 atom stereocenters. The molecule has 2 heterocycles. The summed E-state index contributed by atoms with van der Waals surface area (Å²) in [6.45, 7) is 2.06. The molecule has 182 valence electrons. The Morgan fingerprint density at radius 2 is 2.06 bits per heavy atom.